The van der Waals surface area contributed by atoms with Crippen molar-refractivity contribution in [2.75, 3.05) is 16.8 Å². The van der Waals surface area contributed by atoms with E-state index >= 15 is 0 Å². The molecule has 3 N–H and O–H groups in total. The third kappa shape index (κ3) is 4.98. The summed E-state index contributed by atoms with van der Waals surface area (Å²) in [5.41, 5.74) is 0.588. The number of thiophene rings is 1. The number of amides is 1. The number of aliphatic carboxylic acids is 1. The lowest BCUT2D eigenvalue weighted by atomic mass is 10.1. The molecule has 0 aliphatic rings. The molecule has 0 aliphatic heterocycles. The first-order valence-corrected chi connectivity index (χ1v) is 8.94. The first kappa shape index (κ1) is 18.3. The molecule has 0 radical (unpaired) electrons. The molecule has 6 nitrogen and oxygen atoms in total. The Morgan fingerprint density at radius 2 is 1.83 bits per heavy atom. The zero-order valence-electron chi connectivity index (χ0n) is 12.1. The number of carboxylic acid groups (broad SMARTS) is 1. The fourth-order valence-electron chi connectivity index (χ4n) is 1.78. The van der Waals surface area contributed by atoms with Crippen LogP contribution in [-0.4, -0.2) is 39.4 Å². The second kappa shape index (κ2) is 8.18. The van der Waals surface area contributed by atoms with E-state index in [1.807, 2.05) is 0 Å². The van der Waals surface area contributed by atoms with Crippen molar-refractivity contribution < 1.29 is 24.6 Å². The Morgan fingerprint density at radius 1 is 1.17 bits per heavy atom. The molecule has 24 heavy (non-hydrogen) atoms. The Hall–Kier alpha value is -2.03. The van der Waals surface area contributed by atoms with Gasteiger partial charge in [-0.25, -0.2) is 0 Å². The largest absolute Gasteiger partial charge is 0.508 e. The number of hydrogen-bond donors (Lipinski definition) is 3. The monoisotopic (exact) mass is 385 g/mol. The standard InChI is InChI=1S/C15H12ClNO5S2/c16-11-5-10(14(22)8-1-3-9(18)4-2-8)15(24-11)17-12(19)6-23-7-13(20)21/h1-5,18H,6-7H2,(H,17,19)(H,20,21). The van der Waals surface area contributed by atoms with Gasteiger partial charge in [-0.1, -0.05) is 11.6 Å². The predicted molar refractivity (Wildman–Crippen MR) is 94.5 cm³/mol. The number of anilines is 1. The van der Waals surface area contributed by atoms with E-state index in [1.165, 1.54) is 30.3 Å². The van der Waals surface area contributed by atoms with Gasteiger partial charge in [0.1, 0.15) is 10.8 Å². The van der Waals surface area contributed by atoms with Crippen molar-refractivity contribution in [3.8, 4) is 5.75 Å². The fourth-order valence-corrected chi connectivity index (χ4v) is 3.46. The summed E-state index contributed by atoms with van der Waals surface area (Å²) in [5, 5.41) is 20.7. The van der Waals surface area contributed by atoms with Gasteiger partial charge in [-0.2, -0.15) is 0 Å². The highest BCUT2D eigenvalue weighted by atomic mass is 35.5. The summed E-state index contributed by atoms with van der Waals surface area (Å²) in [6.07, 6.45) is 0. The van der Waals surface area contributed by atoms with Crippen LogP contribution in [0, 0.1) is 0 Å². The Kier molecular flexibility index (Phi) is 6.24. The molecule has 9 heteroatoms. The van der Waals surface area contributed by atoms with Crippen LogP contribution >= 0.6 is 34.7 Å². The highest BCUT2D eigenvalue weighted by Gasteiger charge is 2.19. The van der Waals surface area contributed by atoms with Gasteiger partial charge in [-0.3, -0.25) is 14.4 Å². The number of nitrogens with one attached hydrogen (secondary N) is 1. The van der Waals surface area contributed by atoms with Crippen LogP contribution in [0.5, 0.6) is 5.75 Å². The molecule has 0 atom stereocenters. The maximum Gasteiger partial charge on any atom is 0.313 e. The van der Waals surface area contributed by atoms with Crippen LogP contribution in [0.25, 0.3) is 0 Å². The first-order chi connectivity index (χ1) is 11.4. The third-order valence-corrected chi connectivity index (χ3v) is 4.88. The highest BCUT2D eigenvalue weighted by Crippen LogP contribution is 2.33. The number of halogens is 1. The van der Waals surface area contributed by atoms with E-state index < -0.39 is 11.9 Å². The molecule has 0 aliphatic carbocycles. The minimum absolute atomic E-state index is 0.0406. The number of phenolic OH excluding ortho intramolecular Hbond substituents is 1. The van der Waals surface area contributed by atoms with Crippen molar-refractivity contribution >= 4 is 57.4 Å². The number of carbonyl (C=O) groups is 3. The highest BCUT2D eigenvalue weighted by molar-refractivity contribution is 8.00. The number of carbonyl (C=O) groups excluding carboxylic acids is 2. The molecule has 0 saturated heterocycles. The molecule has 0 spiro atoms. The number of benzene rings is 1. The Bertz CT molecular complexity index is 773. The number of hydrogen-bond acceptors (Lipinski definition) is 6. The molecule has 0 saturated carbocycles. The molecular formula is C15H12ClNO5S2. The van der Waals surface area contributed by atoms with Crippen LogP contribution in [0.2, 0.25) is 4.34 Å². The zero-order valence-corrected chi connectivity index (χ0v) is 14.5. The van der Waals surface area contributed by atoms with Gasteiger partial charge in [0.2, 0.25) is 5.91 Å². The number of phenols is 1. The molecule has 2 rings (SSSR count). The number of ketones is 1. The van der Waals surface area contributed by atoms with Gasteiger partial charge in [0, 0.05) is 5.56 Å². The normalized spacial score (nSPS) is 10.4. The van der Waals surface area contributed by atoms with Crippen molar-refractivity contribution in [3.05, 3.63) is 45.8 Å². The zero-order chi connectivity index (χ0) is 17.7. The topological polar surface area (TPSA) is 104 Å². The summed E-state index contributed by atoms with van der Waals surface area (Å²) in [5.74, 6) is -1.95. The van der Waals surface area contributed by atoms with Crippen molar-refractivity contribution in [2.45, 2.75) is 0 Å². The molecule has 0 bridgehead atoms. The lowest BCUT2D eigenvalue weighted by Crippen LogP contribution is -2.16. The van der Waals surface area contributed by atoms with Crippen LogP contribution in [0.3, 0.4) is 0 Å². The van der Waals surface area contributed by atoms with Crippen molar-refractivity contribution in [2.24, 2.45) is 0 Å². The Labute approximate surface area is 150 Å². The summed E-state index contributed by atoms with van der Waals surface area (Å²) in [6, 6.07) is 7.18. The van der Waals surface area contributed by atoms with Gasteiger partial charge in [0.05, 0.1) is 21.4 Å². The van der Waals surface area contributed by atoms with E-state index in [0.29, 0.717) is 14.9 Å². The molecule has 2 aromatic rings. The Balaban J connectivity index is 2.12. The SMILES string of the molecule is O=C(O)CSCC(=O)Nc1sc(Cl)cc1C(=O)c1ccc(O)cc1. The van der Waals surface area contributed by atoms with Crippen molar-refractivity contribution in [1.29, 1.82) is 0 Å². The number of aromatic hydroxyl groups is 1. The second-order valence-electron chi connectivity index (χ2n) is 4.60. The average Bonchev–Trinajstić information content (AvgIpc) is 2.87. The maximum atomic E-state index is 12.5. The second-order valence-corrected chi connectivity index (χ2v) is 7.27. The van der Waals surface area contributed by atoms with Crippen LogP contribution in [0.1, 0.15) is 15.9 Å². The summed E-state index contributed by atoms with van der Waals surface area (Å²) < 4.78 is 0.339. The Morgan fingerprint density at radius 3 is 2.46 bits per heavy atom. The molecule has 0 fully saturated rings. The van der Waals surface area contributed by atoms with Gasteiger partial charge in [0.25, 0.3) is 0 Å². The van der Waals surface area contributed by atoms with E-state index in [4.69, 9.17) is 16.7 Å². The quantitative estimate of drug-likeness (QED) is 0.633. The van der Waals surface area contributed by atoms with E-state index in [9.17, 15) is 19.5 Å². The van der Waals surface area contributed by atoms with Gasteiger partial charge < -0.3 is 15.5 Å². The van der Waals surface area contributed by atoms with E-state index in [2.05, 4.69) is 5.32 Å². The summed E-state index contributed by atoms with van der Waals surface area (Å²) in [4.78, 5) is 34.8. The molecule has 126 valence electrons. The predicted octanol–water partition coefficient (Wildman–Crippen LogP) is 3.09. The van der Waals surface area contributed by atoms with Crippen molar-refractivity contribution in [3.63, 3.8) is 0 Å². The minimum atomic E-state index is -1.00. The van der Waals surface area contributed by atoms with Gasteiger partial charge in [-0.15, -0.1) is 23.1 Å². The number of thioether (sulfide) groups is 1. The number of carboxylic acids is 1. The van der Waals surface area contributed by atoms with Gasteiger partial charge in [0.15, 0.2) is 5.78 Å². The molecule has 1 aromatic carbocycles. The average molecular weight is 386 g/mol. The van der Waals surface area contributed by atoms with Gasteiger partial charge >= 0.3 is 5.97 Å². The summed E-state index contributed by atoms with van der Waals surface area (Å²) in [6.45, 7) is 0. The van der Waals surface area contributed by atoms with Crippen LogP contribution in [-0.2, 0) is 9.59 Å². The van der Waals surface area contributed by atoms with Crippen LogP contribution in [0.4, 0.5) is 5.00 Å². The maximum absolute atomic E-state index is 12.5. The third-order valence-electron chi connectivity index (χ3n) is 2.79. The fraction of sp³-hybridized carbons (Fsp3) is 0.133. The van der Waals surface area contributed by atoms with E-state index in [0.717, 1.165) is 23.1 Å². The van der Waals surface area contributed by atoms with E-state index in [1.54, 1.807) is 0 Å². The summed E-state index contributed by atoms with van der Waals surface area (Å²) >= 11 is 7.95. The van der Waals surface area contributed by atoms with E-state index in [-0.39, 0.29) is 28.6 Å². The smallest absolute Gasteiger partial charge is 0.313 e. The first-order valence-electron chi connectivity index (χ1n) is 6.59. The molecule has 0 unspecified atom stereocenters. The van der Waals surface area contributed by atoms with Crippen LogP contribution in [0.15, 0.2) is 30.3 Å². The van der Waals surface area contributed by atoms with Crippen LogP contribution < -0.4 is 5.32 Å². The molecule has 1 heterocycles. The lowest BCUT2D eigenvalue weighted by molar-refractivity contribution is -0.133. The molecule has 1 aromatic heterocycles. The molecular weight excluding hydrogens is 374 g/mol. The molecule has 1 amide bonds. The lowest BCUT2D eigenvalue weighted by Gasteiger charge is -2.06. The number of rotatable bonds is 7. The minimum Gasteiger partial charge on any atom is -0.508 e. The summed E-state index contributed by atoms with van der Waals surface area (Å²) in [7, 11) is 0. The van der Waals surface area contributed by atoms with Gasteiger partial charge in [-0.05, 0) is 30.3 Å². The van der Waals surface area contributed by atoms with Crippen molar-refractivity contribution in [1.82, 2.24) is 0 Å².